The van der Waals surface area contributed by atoms with Gasteiger partial charge < -0.3 is 9.47 Å². The van der Waals surface area contributed by atoms with Crippen molar-refractivity contribution in [3.63, 3.8) is 0 Å². The van der Waals surface area contributed by atoms with Crippen molar-refractivity contribution in [3.8, 4) is 22.8 Å². The van der Waals surface area contributed by atoms with Gasteiger partial charge in [0, 0.05) is 10.9 Å². The average molecular weight is 454 g/mol. The van der Waals surface area contributed by atoms with Crippen LogP contribution in [0.2, 0.25) is 0 Å². The van der Waals surface area contributed by atoms with Crippen LogP contribution in [0, 0.1) is 27.7 Å². The van der Waals surface area contributed by atoms with Gasteiger partial charge in [-0.05, 0) is 92.3 Å². The number of nitrogens with zero attached hydrogens (tertiary/aromatic N) is 1. The van der Waals surface area contributed by atoms with Gasteiger partial charge in [-0.1, -0.05) is 37.6 Å². The molecule has 3 aromatic carbocycles. The topological polar surface area (TPSA) is 48.4 Å². The minimum absolute atomic E-state index is 0.234. The molecular weight excluding hydrogens is 422 g/mol. The summed E-state index contributed by atoms with van der Waals surface area (Å²) in [7, 11) is 1.64. The fraction of sp³-hybridized carbons (Fsp3) is 0.267. The van der Waals surface area contributed by atoms with Gasteiger partial charge in [-0.3, -0.25) is 0 Å². The van der Waals surface area contributed by atoms with E-state index >= 15 is 0 Å². The lowest BCUT2D eigenvalue weighted by Crippen LogP contribution is -2.14. The molecule has 0 bridgehead atoms. The van der Waals surface area contributed by atoms with E-state index in [1.807, 2.05) is 76.2 Å². The van der Waals surface area contributed by atoms with E-state index in [2.05, 4.69) is 19.9 Å². The minimum Gasteiger partial charge on any atom is -0.497 e. The van der Waals surface area contributed by atoms with E-state index < -0.39 is 0 Å². The molecule has 0 unspecified atom stereocenters. The Bertz CT molecular complexity index is 1390. The third-order valence-electron chi connectivity index (χ3n) is 6.23. The third-order valence-corrected chi connectivity index (χ3v) is 6.23. The molecule has 0 N–H and O–H groups in total. The van der Waals surface area contributed by atoms with Gasteiger partial charge in [0.2, 0.25) is 0 Å². The van der Waals surface area contributed by atoms with Crippen LogP contribution in [0.15, 0.2) is 54.6 Å². The van der Waals surface area contributed by atoms with Gasteiger partial charge in [0.25, 0.3) is 0 Å². The first kappa shape index (κ1) is 23.5. The number of pyridine rings is 1. The SMILES string of the molecule is COc1ccc(-c2nc3c(C)cc(C)cc3c(C(=O)Oc3cc(C)ccc3C(C)C)c2C)cc1. The lowest BCUT2D eigenvalue weighted by atomic mass is 9.95. The summed E-state index contributed by atoms with van der Waals surface area (Å²) in [6, 6.07) is 17.9. The number of benzene rings is 3. The van der Waals surface area contributed by atoms with Crippen molar-refractivity contribution in [2.45, 2.75) is 47.5 Å². The molecule has 1 heterocycles. The van der Waals surface area contributed by atoms with E-state index in [-0.39, 0.29) is 11.9 Å². The summed E-state index contributed by atoms with van der Waals surface area (Å²) in [6.07, 6.45) is 0. The number of esters is 1. The van der Waals surface area contributed by atoms with Crippen LogP contribution in [0.3, 0.4) is 0 Å². The summed E-state index contributed by atoms with van der Waals surface area (Å²) in [6.45, 7) is 12.2. The van der Waals surface area contributed by atoms with Gasteiger partial charge in [-0.2, -0.15) is 0 Å². The van der Waals surface area contributed by atoms with E-state index in [1.165, 1.54) is 0 Å². The molecule has 0 spiro atoms. The molecule has 0 saturated heterocycles. The maximum Gasteiger partial charge on any atom is 0.344 e. The zero-order valence-corrected chi connectivity index (χ0v) is 20.9. The summed E-state index contributed by atoms with van der Waals surface area (Å²) in [5.41, 5.74) is 8.02. The molecule has 4 rings (SSSR count). The Morgan fingerprint density at radius 3 is 2.24 bits per heavy atom. The Morgan fingerprint density at radius 2 is 1.59 bits per heavy atom. The quantitative estimate of drug-likeness (QED) is 0.232. The van der Waals surface area contributed by atoms with Crippen LogP contribution in [-0.4, -0.2) is 18.1 Å². The molecule has 0 amide bonds. The Kier molecular flexibility index (Phi) is 6.43. The van der Waals surface area contributed by atoms with Gasteiger partial charge in [-0.15, -0.1) is 0 Å². The molecule has 4 heteroatoms. The van der Waals surface area contributed by atoms with Crippen molar-refractivity contribution >= 4 is 16.9 Å². The largest absolute Gasteiger partial charge is 0.497 e. The molecule has 0 aliphatic carbocycles. The molecule has 0 fully saturated rings. The molecule has 0 atom stereocenters. The fourth-order valence-electron chi connectivity index (χ4n) is 4.47. The first-order valence-electron chi connectivity index (χ1n) is 11.6. The average Bonchev–Trinajstić information content (AvgIpc) is 2.78. The third kappa shape index (κ3) is 4.41. The number of aromatic nitrogens is 1. The van der Waals surface area contributed by atoms with Gasteiger partial charge in [0.1, 0.15) is 11.5 Å². The van der Waals surface area contributed by atoms with Crippen molar-refractivity contribution in [3.05, 3.63) is 88.0 Å². The van der Waals surface area contributed by atoms with Crippen molar-refractivity contribution in [2.24, 2.45) is 0 Å². The van der Waals surface area contributed by atoms with Gasteiger partial charge >= 0.3 is 5.97 Å². The summed E-state index contributed by atoms with van der Waals surface area (Å²) in [4.78, 5) is 18.8. The number of fused-ring (bicyclic) bond motifs is 1. The highest BCUT2D eigenvalue weighted by Crippen LogP contribution is 2.34. The Balaban J connectivity index is 1.93. The number of hydrogen-bond acceptors (Lipinski definition) is 4. The smallest absolute Gasteiger partial charge is 0.344 e. The summed E-state index contributed by atoms with van der Waals surface area (Å²) < 4.78 is 11.4. The second-order valence-corrected chi connectivity index (χ2v) is 9.25. The number of methoxy groups -OCH3 is 1. The molecule has 4 nitrogen and oxygen atoms in total. The number of ether oxygens (including phenoxy) is 2. The maximum atomic E-state index is 13.8. The molecule has 0 radical (unpaired) electrons. The van der Waals surface area contributed by atoms with Crippen LogP contribution in [0.1, 0.15) is 57.9 Å². The molecule has 174 valence electrons. The van der Waals surface area contributed by atoms with E-state index in [4.69, 9.17) is 14.5 Å². The molecule has 4 aromatic rings. The zero-order chi connectivity index (χ0) is 24.6. The van der Waals surface area contributed by atoms with Crippen molar-refractivity contribution < 1.29 is 14.3 Å². The van der Waals surface area contributed by atoms with E-state index in [9.17, 15) is 4.79 Å². The standard InChI is InChI=1S/C30H31NO3/c1-17(2)24-13-8-18(3)16-26(24)34-30(32)27-21(6)29(22-9-11-23(33-7)12-10-22)31-28-20(5)14-19(4)15-25(27)28/h8-17H,1-7H3. The number of hydrogen-bond donors (Lipinski definition) is 0. The first-order chi connectivity index (χ1) is 16.2. The van der Waals surface area contributed by atoms with Crippen molar-refractivity contribution in [1.29, 1.82) is 0 Å². The van der Waals surface area contributed by atoms with E-state index in [1.54, 1.807) is 7.11 Å². The lowest BCUT2D eigenvalue weighted by Gasteiger charge is -2.18. The van der Waals surface area contributed by atoms with E-state index in [0.717, 1.165) is 55.7 Å². The predicted octanol–water partition coefficient (Wildman–Crippen LogP) is 7.49. The zero-order valence-electron chi connectivity index (χ0n) is 20.9. The molecule has 0 saturated carbocycles. The van der Waals surface area contributed by atoms with Crippen molar-refractivity contribution in [1.82, 2.24) is 4.98 Å². The fourth-order valence-corrected chi connectivity index (χ4v) is 4.47. The summed E-state index contributed by atoms with van der Waals surface area (Å²) in [5, 5.41) is 0.816. The Morgan fingerprint density at radius 1 is 0.882 bits per heavy atom. The Labute approximate surface area is 201 Å². The molecule has 1 aromatic heterocycles. The predicted molar refractivity (Wildman–Crippen MR) is 138 cm³/mol. The Hall–Kier alpha value is -3.66. The first-order valence-corrected chi connectivity index (χ1v) is 11.6. The van der Waals surface area contributed by atoms with E-state index in [0.29, 0.717) is 11.3 Å². The lowest BCUT2D eigenvalue weighted by molar-refractivity contribution is 0.0734. The van der Waals surface area contributed by atoms with Gasteiger partial charge in [0.15, 0.2) is 0 Å². The molecule has 0 aliphatic rings. The van der Waals surface area contributed by atoms with Crippen LogP contribution in [-0.2, 0) is 0 Å². The monoisotopic (exact) mass is 453 g/mol. The highest BCUT2D eigenvalue weighted by molar-refractivity contribution is 6.08. The number of rotatable bonds is 5. The van der Waals surface area contributed by atoms with Crippen LogP contribution in [0.4, 0.5) is 0 Å². The highest BCUT2D eigenvalue weighted by atomic mass is 16.5. The van der Waals surface area contributed by atoms with Crippen LogP contribution in [0.5, 0.6) is 11.5 Å². The second kappa shape index (κ2) is 9.30. The highest BCUT2D eigenvalue weighted by Gasteiger charge is 2.23. The second-order valence-electron chi connectivity index (χ2n) is 9.25. The van der Waals surface area contributed by atoms with Crippen molar-refractivity contribution in [2.75, 3.05) is 7.11 Å². The minimum atomic E-state index is -0.364. The summed E-state index contributed by atoms with van der Waals surface area (Å²) in [5.74, 6) is 1.25. The summed E-state index contributed by atoms with van der Waals surface area (Å²) >= 11 is 0. The van der Waals surface area contributed by atoms with Crippen LogP contribution >= 0.6 is 0 Å². The number of carbonyl (C=O) groups is 1. The van der Waals surface area contributed by atoms with Gasteiger partial charge in [0.05, 0.1) is 23.9 Å². The van der Waals surface area contributed by atoms with Crippen LogP contribution in [0.25, 0.3) is 22.2 Å². The van der Waals surface area contributed by atoms with Crippen LogP contribution < -0.4 is 9.47 Å². The maximum absolute atomic E-state index is 13.8. The van der Waals surface area contributed by atoms with Gasteiger partial charge in [-0.25, -0.2) is 9.78 Å². The number of aryl methyl sites for hydroxylation is 3. The molecule has 34 heavy (non-hydrogen) atoms. The number of carbonyl (C=O) groups excluding carboxylic acids is 1. The molecular formula is C30H31NO3. The normalized spacial score (nSPS) is 11.2. The molecule has 0 aliphatic heterocycles.